The van der Waals surface area contributed by atoms with Gasteiger partial charge in [-0.3, -0.25) is 14.2 Å². The summed E-state index contributed by atoms with van der Waals surface area (Å²) in [4.78, 5) is 31.9. The van der Waals surface area contributed by atoms with Gasteiger partial charge in [-0.15, -0.1) is 11.3 Å². The zero-order chi connectivity index (χ0) is 20.0. The molecule has 1 atom stereocenters. The van der Waals surface area contributed by atoms with Crippen molar-refractivity contribution in [2.75, 3.05) is 0 Å². The van der Waals surface area contributed by atoms with E-state index in [4.69, 9.17) is 9.40 Å². The van der Waals surface area contributed by atoms with Gasteiger partial charge in [0.15, 0.2) is 11.6 Å². The average Bonchev–Trinajstić information content (AvgIpc) is 3.28. The van der Waals surface area contributed by atoms with Crippen molar-refractivity contribution in [2.45, 2.75) is 13.0 Å². The standard InChI is InChI=1S/C23H16N2O3S/c1-14(15-8-3-2-4-9-15)25-21(17-11-7-13-28-17)24-22-19(23(25)27)20(26)16-10-5-6-12-18(16)29-22/h2-14H,1H3. The van der Waals surface area contributed by atoms with Gasteiger partial charge in [-0.2, -0.15) is 0 Å². The van der Waals surface area contributed by atoms with E-state index in [1.165, 1.54) is 11.3 Å². The van der Waals surface area contributed by atoms with Gasteiger partial charge >= 0.3 is 0 Å². The lowest BCUT2D eigenvalue weighted by molar-refractivity contribution is 0.551. The Balaban J connectivity index is 1.92. The first-order valence-electron chi connectivity index (χ1n) is 9.22. The summed E-state index contributed by atoms with van der Waals surface area (Å²) in [5, 5.41) is 0.653. The predicted octanol–water partition coefficient (Wildman–Crippen LogP) is 4.84. The molecular formula is C23H16N2O3S. The van der Waals surface area contributed by atoms with Crippen LogP contribution in [0.2, 0.25) is 0 Å². The van der Waals surface area contributed by atoms with Crippen molar-refractivity contribution < 1.29 is 4.42 Å². The number of fused-ring (bicyclic) bond motifs is 2. The van der Waals surface area contributed by atoms with Crippen molar-refractivity contribution in [1.82, 2.24) is 9.55 Å². The molecule has 3 heterocycles. The molecule has 0 spiro atoms. The van der Waals surface area contributed by atoms with Crippen LogP contribution < -0.4 is 11.0 Å². The Bertz CT molecular complexity index is 1450. The third-order valence-electron chi connectivity index (χ3n) is 5.06. The van der Waals surface area contributed by atoms with Crippen molar-refractivity contribution in [3.05, 3.63) is 99.1 Å². The molecule has 0 aliphatic rings. The monoisotopic (exact) mass is 400 g/mol. The summed E-state index contributed by atoms with van der Waals surface area (Å²) < 4.78 is 7.93. The van der Waals surface area contributed by atoms with Gasteiger partial charge in [-0.25, -0.2) is 4.98 Å². The molecule has 142 valence electrons. The van der Waals surface area contributed by atoms with E-state index in [1.807, 2.05) is 49.4 Å². The second-order valence-electron chi connectivity index (χ2n) is 6.78. The summed E-state index contributed by atoms with van der Waals surface area (Å²) in [5.74, 6) is 0.898. The van der Waals surface area contributed by atoms with Crippen molar-refractivity contribution in [3.8, 4) is 11.6 Å². The first-order valence-corrected chi connectivity index (χ1v) is 10.0. The first kappa shape index (κ1) is 17.6. The molecule has 5 nitrogen and oxygen atoms in total. The zero-order valence-electron chi connectivity index (χ0n) is 15.5. The van der Waals surface area contributed by atoms with Gasteiger partial charge in [-0.1, -0.05) is 42.5 Å². The molecule has 5 aromatic rings. The minimum Gasteiger partial charge on any atom is -0.461 e. The molecule has 0 saturated carbocycles. The van der Waals surface area contributed by atoms with Gasteiger partial charge in [0, 0.05) is 10.1 Å². The van der Waals surface area contributed by atoms with Gasteiger partial charge in [-0.05, 0) is 36.8 Å². The molecule has 0 radical (unpaired) electrons. The number of hydrogen-bond donors (Lipinski definition) is 0. The molecule has 0 saturated heterocycles. The lowest BCUT2D eigenvalue weighted by Crippen LogP contribution is -2.29. The Morgan fingerprint density at radius 2 is 1.72 bits per heavy atom. The van der Waals surface area contributed by atoms with Crippen LogP contribution in [0.15, 0.2) is 87.0 Å². The third-order valence-corrected chi connectivity index (χ3v) is 6.12. The highest BCUT2D eigenvalue weighted by molar-refractivity contribution is 7.24. The number of furan rings is 1. The summed E-state index contributed by atoms with van der Waals surface area (Å²) >= 11 is 1.34. The summed E-state index contributed by atoms with van der Waals surface area (Å²) in [6, 6.07) is 20.2. The molecule has 0 aliphatic carbocycles. The normalized spacial score (nSPS) is 12.4. The van der Waals surface area contributed by atoms with Crippen LogP contribution in [0, 0.1) is 0 Å². The van der Waals surface area contributed by atoms with Crippen LogP contribution in [0.5, 0.6) is 0 Å². The second-order valence-corrected chi connectivity index (χ2v) is 7.81. The minimum absolute atomic E-state index is 0.117. The van der Waals surface area contributed by atoms with Gasteiger partial charge in [0.25, 0.3) is 5.56 Å². The van der Waals surface area contributed by atoms with E-state index in [2.05, 4.69) is 0 Å². The molecule has 6 heteroatoms. The van der Waals surface area contributed by atoms with Crippen LogP contribution in [0.4, 0.5) is 0 Å². The summed E-state index contributed by atoms with van der Waals surface area (Å²) in [6.45, 7) is 1.92. The van der Waals surface area contributed by atoms with Gasteiger partial charge in [0.05, 0.1) is 12.3 Å². The van der Waals surface area contributed by atoms with Gasteiger partial charge < -0.3 is 4.42 Å². The maximum Gasteiger partial charge on any atom is 0.267 e. The SMILES string of the molecule is CC(c1ccccc1)n1c(-c2ccco2)nc2sc3ccccc3c(=O)c2c1=O. The van der Waals surface area contributed by atoms with E-state index >= 15 is 0 Å². The Morgan fingerprint density at radius 3 is 2.48 bits per heavy atom. The molecule has 1 unspecified atom stereocenters. The lowest BCUT2D eigenvalue weighted by Gasteiger charge is -2.19. The fourth-order valence-corrected chi connectivity index (χ4v) is 4.62. The van der Waals surface area contributed by atoms with Crippen LogP contribution in [-0.4, -0.2) is 9.55 Å². The zero-order valence-corrected chi connectivity index (χ0v) is 16.3. The first-order chi connectivity index (χ1) is 14.1. The van der Waals surface area contributed by atoms with Crippen LogP contribution in [0.25, 0.3) is 31.9 Å². The number of aromatic nitrogens is 2. The number of nitrogens with zero attached hydrogens (tertiary/aromatic N) is 2. The smallest absolute Gasteiger partial charge is 0.267 e. The number of benzene rings is 2. The Labute approximate surface area is 169 Å². The fourth-order valence-electron chi connectivity index (χ4n) is 3.58. The minimum atomic E-state index is -0.357. The molecule has 5 rings (SSSR count). The number of hydrogen-bond acceptors (Lipinski definition) is 5. The third kappa shape index (κ3) is 2.80. The molecule has 0 fully saturated rings. The Hall–Kier alpha value is -3.51. The second kappa shape index (κ2) is 6.83. The van der Waals surface area contributed by atoms with Crippen LogP contribution in [-0.2, 0) is 0 Å². The molecule has 0 aliphatic heterocycles. The van der Waals surface area contributed by atoms with Crippen LogP contribution in [0.1, 0.15) is 18.5 Å². The van der Waals surface area contributed by atoms with Gasteiger partial charge in [0.2, 0.25) is 5.43 Å². The Kier molecular flexibility index (Phi) is 4.14. The van der Waals surface area contributed by atoms with Crippen LogP contribution >= 0.6 is 11.3 Å². The summed E-state index contributed by atoms with van der Waals surface area (Å²) in [5.41, 5.74) is 0.303. The fraction of sp³-hybridized carbons (Fsp3) is 0.0870. The largest absolute Gasteiger partial charge is 0.461 e. The van der Waals surface area contributed by atoms with E-state index in [1.54, 1.807) is 35.1 Å². The van der Waals surface area contributed by atoms with Crippen molar-refractivity contribution in [2.24, 2.45) is 0 Å². The molecule has 0 amide bonds. The molecule has 3 aromatic heterocycles. The lowest BCUT2D eigenvalue weighted by atomic mass is 10.1. The Morgan fingerprint density at radius 1 is 0.966 bits per heavy atom. The predicted molar refractivity (Wildman–Crippen MR) is 116 cm³/mol. The quantitative estimate of drug-likeness (QED) is 0.407. The maximum atomic E-state index is 13.6. The topological polar surface area (TPSA) is 65.1 Å². The van der Waals surface area contributed by atoms with Crippen molar-refractivity contribution >= 4 is 31.6 Å². The van der Waals surface area contributed by atoms with E-state index in [0.717, 1.165) is 10.3 Å². The summed E-state index contributed by atoms with van der Waals surface area (Å²) in [6.07, 6.45) is 1.55. The average molecular weight is 400 g/mol. The van der Waals surface area contributed by atoms with Crippen molar-refractivity contribution in [1.29, 1.82) is 0 Å². The highest BCUT2D eigenvalue weighted by atomic mass is 32.1. The van der Waals surface area contributed by atoms with E-state index in [0.29, 0.717) is 21.8 Å². The van der Waals surface area contributed by atoms with Crippen molar-refractivity contribution in [3.63, 3.8) is 0 Å². The molecule has 2 aromatic carbocycles. The van der Waals surface area contributed by atoms with E-state index < -0.39 is 0 Å². The molecule has 0 N–H and O–H groups in total. The summed E-state index contributed by atoms with van der Waals surface area (Å²) in [7, 11) is 0. The molecule has 29 heavy (non-hydrogen) atoms. The van der Waals surface area contributed by atoms with E-state index in [-0.39, 0.29) is 22.4 Å². The molecule has 0 bridgehead atoms. The van der Waals surface area contributed by atoms with E-state index in [9.17, 15) is 9.59 Å². The maximum absolute atomic E-state index is 13.6. The van der Waals surface area contributed by atoms with Gasteiger partial charge in [0.1, 0.15) is 10.2 Å². The number of rotatable bonds is 3. The highest BCUT2D eigenvalue weighted by Crippen LogP contribution is 2.28. The highest BCUT2D eigenvalue weighted by Gasteiger charge is 2.22. The van der Waals surface area contributed by atoms with Crippen LogP contribution in [0.3, 0.4) is 0 Å². The molecular weight excluding hydrogens is 384 g/mol.